The molecular formula is C19H19FN2O. The molecule has 118 valence electrons. The van der Waals surface area contributed by atoms with Crippen LogP contribution in [0.25, 0.3) is 10.9 Å². The average Bonchev–Trinajstić information content (AvgIpc) is 2.98. The van der Waals surface area contributed by atoms with E-state index in [1.165, 1.54) is 12.1 Å². The van der Waals surface area contributed by atoms with Crippen LogP contribution in [0, 0.1) is 5.82 Å². The molecule has 23 heavy (non-hydrogen) atoms. The number of H-pyrrole nitrogens is 1. The zero-order valence-electron chi connectivity index (χ0n) is 13.2. The summed E-state index contributed by atoms with van der Waals surface area (Å²) in [4.78, 5) is 15.4. The van der Waals surface area contributed by atoms with Gasteiger partial charge in [-0.05, 0) is 23.8 Å². The number of fused-ring (bicyclic) bond motifs is 1. The summed E-state index contributed by atoms with van der Waals surface area (Å²) in [6.45, 7) is 4.54. The topological polar surface area (TPSA) is 44.9 Å². The summed E-state index contributed by atoms with van der Waals surface area (Å²) >= 11 is 0. The Hall–Kier alpha value is -2.62. The van der Waals surface area contributed by atoms with Gasteiger partial charge in [-0.2, -0.15) is 0 Å². The molecule has 4 heteroatoms. The second-order valence-electron chi connectivity index (χ2n) is 6.29. The molecule has 0 aliphatic carbocycles. The predicted molar refractivity (Wildman–Crippen MR) is 90.1 cm³/mol. The lowest BCUT2D eigenvalue weighted by molar-refractivity contribution is 0.0941. The van der Waals surface area contributed by atoms with Gasteiger partial charge in [-0.1, -0.05) is 44.2 Å². The molecule has 0 radical (unpaired) electrons. The van der Waals surface area contributed by atoms with E-state index >= 15 is 0 Å². The van der Waals surface area contributed by atoms with Crippen LogP contribution in [0.5, 0.6) is 0 Å². The summed E-state index contributed by atoms with van der Waals surface area (Å²) in [6, 6.07) is 14.1. The molecule has 0 aliphatic rings. The van der Waals surface area contributed by atoms with Gasteiger partial charge in [0.15, 0.2) is 0 Å². The summed E-state index contributed by atoms with van der Waals surface area (Å²) in [7, 11) is 0. The van der Waals surface area contributed by atoms with E-state index in [4.69, 9.17) is 0 Å². The zero-order valence-corrected chi connectivity index (χ0v) is 13.2. The minimum absolute atomic E-state index is 0.0715. The first-order chi connectivity index (χ1) is 11.0. The SMILES string of the molecule is CC(C)(CNC(=O)c1ccccc1F)c1c[nH]c2ccccc12. The van der Waals surface area contributed by atoms with E-state index in [1.807, 2.05) is 24.4 Å². The Bertz CT molecular complexity index is 851. The maximum Gasteiger partial charge on any atom is 0.254 e. The van der Waals surface area contributed by atoms with Gasteiger partial charge in [0.2, 0.25) is 0 Å². The van der Waals surface area contributed by atoms with Gasteiger partial charge in [0.1, 0.15) is 5.82 Å². The minimum Gasteiger partial charge on any atom is -0.361 e. The first-order valence-corrected chi connectivity index (χ1v) is 7.58. The summed E-state index contributed by atoms with van der Waals surface area (Å²) in [5, 5.41) is 3.98. The monoisotopic (exact) mass is 310 g/mol. The minimum atomic E-state index is -0.505. The second kappa shape index (κ2) is 5.88. The van der Waals surface area contributed by atoms with Gasteiger partial charge in [-0.3, -0.25) is 4.79 Å². The van der Waals surface area contributed by atoms with Gasteiger partial charge in [0.25, 0.3) is 5.91 Å². The highest BCUT2D eigenvalue weighted by Gasteiger charge is 2.25. The molecule has 0 bridgehead atoms. The number of aromatic nitrogens is 1. The molecule has 1 heterocycles. The Morgan fingerprint density at radius 2 is 1.83 bits per heavy atom. The largest absolute Gasteiger partial charge is 0.361 e. The molecule has 0 spiro atoms. The molecule has 2 aromatic carbocycles. The standard InChI is InChI=1S/C19H19FN2O/c1-19(2,15-11-21-17-10-6-4-7-13(15)17)12-22-18(23)14-8-3-5-9-16(14)20/h3-11,21H,12H2,1-2H3,(H,22,23). The fraction of sp³-hybridized carbons (Fsp3) is 0.211. The smallest absolute Gasteiger partial charge is 0.254 e. The van der Waals surface area contributed by atoms with Crippen molar-refractivity contribution >= 4 is 16.8 Å². The maximum absolute atomic E-state index is 13.7. The third kappa shape index (κ3) is 2.97. The molecule has 1 aromatic heterocycles. The Kier molecular flexibility index (Phi) is 3.90. The number of hydrogen-bond donors (Lipinski definition) is 2. The van der Waals surface area contributed by atoms with Gasteiger partial charge < -0.3 is 10.3 Å². The highest BCUT2D eigenvalue weighted by atomic mass is 19.1. The van der Waals surface area contributed by atoms with Crippen LogP contribution in [-0.4, -0.2) is 17.4 Å². The Morgan fingerprint density at radius 1 is 1.13 bits per heavy atom. The number of carbonyl (C=O) groups excluding carboxylic acids is 1. The van der Waals surface area contributed by atoms with Gasteiger partial charge in [-0.25, -0.2) is 4.39 Å². The van der Waals surface area contributed by atoms with E-state index in [0.29, 0.717) is 6.54 Å². The maximum atomic E-state index is 13.7. The van der Waals surface area contributed by atoms with Crippen molar-refractivity contribution in [3.8, 4) is 0 Å². The van der Waals surface area contributed by atoms with Gasteiger partial charge in [-0.15, -0.1) is 0 Å². The number of amides is 1. The number of para-hydroxylation sites is 1. The van der Waals surface area contributed by atoms with Gasteiger partial charge in [0, 0.05) is 29.1 Å². The molecular weight excluding hydrogens is 291 g/mol. The van der Waals surface area contributed by atoms with Crippen molar-refractivity contribution in [2.24, 2.45) is 0 Å². The molecule has 3 nitrogen and oxygen atoms in total. The van der Waals surface area contributed by atoms with Crippen LogP contribution in [0.1, 0.15) is 29.8 Å². The van der Waals surface area contributed by atoms with Crippen LogP contribution >= 0.6 is 0 Å². The Morgan fingerprint density at radius 3 is 2.61 bits per heavy atom. The average molecular weight is 310 g/mol. The van der Waals surface area contributed by atoms with Crippen molar-refractivity contribution in [2.45, 2.75) is 19.3 Å². The van der Waals surface area contributed by atoms with Crippen molar-refractivity contribution in [3.05, 3.63) is 71.7 Å². The van der Waals surface area contributed by atoms with E-state index in [-0.39, 0.29) is 11.0 Å². The molecule has 3 rings (SSSR count). The number of nitrogens with one attached hydrogen (secondary N) is 2. The summed E-state index contributed by atoms with van der Waals surface area (Å²) in [5.74, 6) is -0.897. The van der Waals surface area contributed by atoms with Crippen LogP contribution in [0.2, 0.25) is 0 Å². The van der Waals surface area contributed by atoms with Crippen LogP contribution in [0.4, 0.5) is 4.39 Å². The van der Waals surface area contributed by atoms with Crippen molar-refractivity contribution in [3.63, 3.8) is 0 Å². The number of aromatic amines is 1. The van der Waals surface area contributed by atoms with Gasteiger partial charge in [0.05, 0.1) is 5.56 Å². The van der Waals surface area contributed by atoms with Crippen molar-refractivity contribution in [2.75, 3.05) is 6.54 Å². The first-order valence-electron chi connectivity index (χ1n) is 7.58. The Balaban J connectivity index is 1.79. The third-order valence-corrected chi connectivity index (χ3v) is 4.13. The number of halogens is 1. The van der Waals surface area contributed by atoms with Gasteiger partial charge >= 0.3 is 0 Å². The summed E-state index contributed by atoms with van der Waals surface area (Å²) < 4.78 is 13.7. The summed E-state index contributed by atoms with van der Waals surface area (Å²) in [5.41, 5.74) is 1.99. The zero-order chi connectivity index (χ0) is 16.4. The van der Waals surface area contributed by atoms with Crippen molar-refractivity contribution < 1.29 is 9.18 Å². The highest BCUT2D eigenvalue weighted by Crippen LogP contribution is 2.29. The molecule has 0 saturated carbocycles. The number of benzene rings is 2. The lowest BCUT2D eigenvalue weighted by Gasteiger charge is -2.25. The van der Waals surface area contributed by atoms with E-state index < -0.39 is 11.7 Å². The third-order valence-electron chi connectivity index (χ3n) is 4.13. The van der Waals surface area contributed by atoms with Crippen molar-refractivity contribution in [1.29, 1.82) is 0 Å². The number of carbonyl (C=O) groups is 1. The molecule has 0 unspecified atom stereocenters. The van der Waals surface area contributed by atoms with E-state index in [2.05, 4.69) is 30.2 Å². The fourth-order valence-electron chi connectivity index (χ4n) is 2.77. The first kappa shape index (κ1) is 15.3. The van der Waals surface area contributed by atoms with Crippen LogP contribution in [0.3, 0.4) is 0 Å². The lowest BCUT2D eigenvalue weighted by Crippen LogP contribution is -2.36. The van der Waals surface area contributed by atoms with Crippen LogP contribution in [0.15, 0.2) is 54.7 Å². The van der Waals surface area contributed by atoms with E-state index in [0.717, 1.165) is 16.5 Å². The number of hydrogen-bond acceptors (Lipinski definition) is 1. The number of rotatable bonds is 4. The summed E-state index contributed by atoms with van der Waals surface area (Å²) in [6.07, 6.45) is 1.97. The second-order valence-corrected chi connectivity index (χ2v) is 6.29. The molecule has 1 amide bonds. The molecule has 0 aliphatic heterocycles. The quantitative estimate of drug-likeness (QED) is 0.751. The molecule has 3 aromatic rings. The fourth-order valence-corrected chi connectivity index (χ4v) is 2.77. The molecule has 0 fully saturated rings. The normalized spacial score (nSPS) is 11.6. The van der Waals surface area contributed by atoms with Crippen molar-refractivity contribution in [1.82, 2.24) is 10.3 Å². The molecule has 0 saturated heterocycles. The van der Waals surface area contributed by atoms with E-state index in [1.54, 1.807) is 12.1 Å². The van der Waals surface area contributed by atoms with Crippen LogP contribution in [-0.2, 0) is 5.41 Å². The molecule has 0 atom stereocenters. The van der Waals surface area contributed by atoms with Crippen LogP contribution < -0.4 is 5.32 Å². The van der Waals surface area contributed by atoms with E-state index in [9.17, 15) is 9.18 Å². The lowest BCUT2D eigenvalue weighted by atomic mass is 9.84. The Labute approximate surface area is 134 Å². The highest BCUT2D eigenvalue weighted by molar-refractivity contribution is 5.94. The molecule has 2 N–H and O–H groups in total. The predicted octanol–water partition coefficient (Wildman–Crippen LogP) is 4.01.